The predicted octanol–water partition coefficient (Wildman–Crippen LogP) is 0.664. The van der Waals surface area contributed by atoms with E-state index >= 15 is 0 Å². The number of aliphatic hydroxyl groups excluding tert-OH is 1. The van der Waals surface area contributed by atoms with Gasteiger partial charge >= 0.3 is 6.09 Å². The van der Waals surface area contributed by atoms with Crippen LogP contribution in [0.3, 0.4) is 0 Å². The van der Waals surface area contributed by atoms with Crippen molar-refractivity contribution in [1.82, 2.24) is 14.7 Å². The summed E-state index contributed by atoms with van der Waals surface area (Å²) in [6.45, 7) is 9.40. The van der Waals surface area contributed by atoms with Crippen molar-refractivity contribution in [2.45, 2.75) is 39.2 Å². The molecule has 0 aliphatic carbocycles. The van der Waals surface area contributed by atoms with Gasteiger partial charge in [0.25, 0.3) is 0 Å². The Bertz CT molecular complexity index is 551. The van der Waals surface area contributed by atoms with E-state index in [2.05, 4.69) is 11.0 Å². The maximum atomic E-state index is 13.0. The van der Waals surface area contributed by atoms with Crippen LogP contribution in [0.5, 0.6) is 0 Å². The normalized spacial score (nSPS) is 21.2. The third kappa shape index (κ3) is 4.86. The molecule has 0 aromatic carbocycles. The lowest BCUT2D eigenvalue weighted by Crippen LogP contribution is -2.56. The van der Waals surface area contributed by atoms with Gasteiger partial charge in [-0.25, -0.2) is 4.79 Å². The fourth-order valence-electron chi connectivity index (χ4n) is 3.39. The lowest BCUT2D eigenvalue weighted by Gasteiger charge is -2.41. The molecule has 146 valence electrons. The fraction of sp³-hybridized carbons (Fsp3) is 0.833. The van der Waals surface area contributed by atoms with Crippen molar-refractivity contribution >= 4 is 12.0 Å². The van der Waals surface area contributed by atoms with Crippen LogP contribution in [0.25, 0.3) is 0 Å². The molecule has 2 heterocycles. The van der Waals surface area contributed by atoms with E-state index in [4.69, 9.17) is 9.84 Å². The van der Waals surface area contributed by atoms with E-state index in [1.807, 2.05) is 20.8 Å². The fourth-order valence-corrected chi connectivity index (χ4v) is 3.39. The van der Waals surface area contributed by atoms with Gasteiger partial charge in [0.1, 0.15) is 11.0 Å². The molecule has 1 N–H and O–H groups in total. The topological polar surface area (TPSA) is 97.1 Å². The van der Waals surface area contributed by atoms with Gasteiger partial charge in [-0.3, -0.25) is 9.69 Å². The van der Waals surface area contributed by atoms with Crippen LogP contribution in [-0.4, -0.2) is 89.8 Å². The summed E-state index contributed by atoms with van der Waals surface area (Å²) in [5.74, 6) is -0.132. The predicted molar refractivity (Wildman–Crippen MR) is 95.2 cm³/mol. The van der Waals surface area contributed by atoms with Gasteiger partial charge in [0.15, 0.2) is 0 Å². The number of rotatable bonds is 3. The lowest BCUT2D eigenvalue weighted by molar-refractivity contribution is -0.143. The van der Waals surface area contributed by atoms with Gasteiger partial charge in [-0.15, -0.1) is 0 Å². The molecule has 8 heteroatoms. The number of carbonyl (C=O) groups is 2. The first kappa shape index (κ1) is 20.5. The van der Waals surface area contributed by atoms with Crippen molar-refractivity contribution in [1.29, 1.82) is 5.26 Å². The van der Waals surface area contributed by atoms with Gasteiger partial charge in [0.05, 0.1) is 12.7 Å². The molecule has 2 aliphatic rings. The summed E-state index contributed by atoms with van der Waals surface area (Å²) < 4.78 is 5.37. The van der Waals surface area contributed by atoms with E-state index < -0.39 is 17.1 Å². The minimum atomic E-state index is -1.06. The third-order valence-corrected chi connectivity index (χ3v) is 4.97. The molecule has 0 atom stereocenters. The van der Waals surface area contributed by atoms with Crippen LogP contribution < -0.4 is 0 Å². The van der Waals surface area contributed by atoms with Crippen LogP contribution in [0.2, 0.25) is 0 Å². The Morgan fingerprint density at radius 3 is 2.12 bits per heavy atom. The summed E-state index contributed by atoms with van der Waals surface area (Å²) in [6.07, 6.45) is 0.269. The number of β-amino-alcohol motifs (C(OH)–C–C–N with tert-alkyl or cyclic N) is 1. The Kier molecular flexibility index (Phi) is 6.48. The molecule has 2 saturated heterocycles. The van der Waals surface area contributed by atoms with Crippen molar-refractivity contribution in [3.63, 3.8) is 0 Å². The third-order valence-electron chi connectivity index (χ3n) is 4.97. The van der Waals surface area contributed by atoms with Crippen molar-refractivity contribution in [3.8, 4) is 6.07 Å². The molecule has 0 saturated carbocycles. The standard InChI is InChI=1S/C18H30N4O4/c1-17(2,3)26-16(25)22-6-4-18(14-19,5-7-22)15(24)21-10-8-20(9-11-21)12-13-23/h23H,4-13H2,1-3H3. The summed E-state index contributed by atoms with van der Waals surface area (Å²) in [4.78, 5) is 30.6. The van der Waals surface area contributed by atoms with Crippen molar-refractivity contribution < 1.29 is 19.4 Å². The SMILES string of the molecule is CC(C)(C)OC(=O)N1CCC(C#N)(C(=O)N2CCN(CCO)CC2)CC1. The van der Waals surface area contributed by atoms with Crippen LogP contribution in [-0.2, 0) is 9.53 Å². The zero-order valence-electron chi connectivity index (χ0n) is 16.0. The van der Waals surface area contributed by atoms with E-state index in [0.29, 0.717) is 58.7 Å². The molecule has 0 bridgehead atoms. The van der Waals surface area contributed by atoms with Crippen LogP contribution in [0.1, 0.15) is 33.6 Å². The molecule has 2 fully saturated rings. The number of likely N-dealkylation sites (tertiary alicyclic amines) is 1. The Morgan fingerprint density at radius 2 is 1.65 bits per heavy atom. The highest BCUT2D eigenvalue weighted by Gasteiger charge is 2.45. The van der Waals surface area contributed by atoms with E-state index in [1.54, 1.807) is 9.80 Å². The van der Waals surface area contributed by atoms with Crippen molar-refractivity contribution in [3.05, 3.63) is 0 Å². The number of carbonyl (C=O) groups excluding carboxylic acids is 2. The summed E-state index contributed by atoms with van der Waals surface area (Å²) >= 11 is 0. The number of aliphatic hydroxyl groups is 1. The number of piperazine rings is 1. The molecule has 2 aliphatic heterocycles. The molecule has 2 amide bonds. The number of amides is 2. The van der Waals surface area contributed by atoms with Gasteiger partial charge in [-0.2, -0.15) is 5.26 Å². The molecular formula is C18H30N4O4. The number of hydrogen-bond acceptors (Lipinski definition) is 6. The van der Waals surface area contributed by atoms with Crippen LogP contribution >= 0.6 is 0 Å². The molecule has 0 radical (unpaired) electrons. The highest BCUT2D eigenvalue weighted by atomic mass is 16.6. The highest BCUT2D eigenvalue weighted by molar-refractivity contribution is 5.86. The minimum Gasteiger partial charge on any atom is -0.444 e. The molecule has 0 aromatic rings. The van der Waals surface area contributed by atoms with Gasteiger partial charge in [0, 0.05) is 45.8 Å². The average molecular weight is 366 g/mol. The van der Waals surface area contributed by atoms with Crippen molar-refractivity contribution in [2.75, 3.05) is 52.4 Å². The maximum Gasteiger partial charge on any atom is 0.410 e. The highest BCUT2D eigenvalue weighted by Crippen LogP contribution is 2.34. The van der Waals surface area contributed by atoms with Gasteiger partial charge in [-0.05, 0) is 33.6 Å². The summed E-state index contributed by atoms with van der Waals surface area (Å²) in [7, 11) is 0. The molecule has 26 heavy (non-hydrogen) atoms. The zero-order valence-corrected chi connectivity index (χ0v) is 16.0. The Balaban J connectivity index is 1.93. The number of ether oxygens (including phenoxy) is 1. The zero-order chi connectivity index (χ0) is 19.4. The molecule has 0 unspecified atom stereocenters. The summed E-state index contributed by atoms with van der Waals surface area (Å²) in [5.41, 5.74) is -1.62. The quantitative estimate of drug-likeness (QED) is 0.788. The van der Waals surface area contributed by atoms with Gasteiger partial charge in [0.2, 0.25) is 5.91 Å². The largest absolute Gasteiger partial charge is 0.444 e. The Hall–Kier alpha value is -1.85. The number of hydrogen-bond donors (Lipinski definition) is 1. The number of nitrogens with zero attached hydrogens (tertiary/aromatic N) is 4. The average Bonchev–Trinajstić information content (AvgIpc) is 2.60. The minimum absolute atomic E-state index is 0.108. The first-order valence-electron chi connectivity index (χ1n) is 9.22. The summed E-state index contributed by atoms with van der Waals surface area (Å²) in [5, 5.41) is 18.7. The molecule has 0 spiro atoms. The van der Waals surface area contributed by atoms with Gasteiger partial charge < -0.3 is 19.6 Å². The second kappa shape index (κ2) is 8.23. The Labute approximate surface area is 155 Å². The maximum absolute atomic E-state index is 13.0. The number of nitriles is 1. The van der Waals surface area contributed by atoms with Crippen LogP contribution in [0.15, 0.2) is 0 Å². The second-order valence-electron chi connectivity index (χ2n) is 8.02. The van der Waals surface area contributed by atoms with Gasteiger partial charge in [-0.1, -0.05) is 0 Å². The summed E-state index contributed by atoms with van der Waals surface area (Å²) in [6, 6.07) is 2.23. The molecular weight excluding hydrogens is 336 g/mol. The van der Waals surface area contributed by atoms with Crippen LogP contribution in [0, 0.1) is 16.7 Å². The van der Waals surface area contributed by atoms with E-state index in [9.17, 15) is 14.9 Å². The van der Waals surface area contributed by atoms with Crippen LogP contribution in [0.4, 0.5) is 4.79 Å². The Morgan fingerprint density at radius 1 is 1.08 bits per heavy atom. The molecule has 8 nitrogen and oxygen atoms in total. The van der Waals surface area contributed by atoms with E-state index in [1.165, 1.54) is 0 Å². The number of piperidine rings is 1. The second-order valence-corrected chi connectivity index (χ2v) is 8.02. The molecule has 2 rings (SSSR count). The smallest absolute Gasteiger partial charge is 0.410 e. The first-order valence-corrected chi connectivity index (χ1v) is 9.22. The molecule has 0 aromatic heterocycles. The lowest BCUT2D eigenvalue weighted by atomic mass is 9.78. The first-order chi connectivity index (χ1) is 12.2. The van der Waals surface area contributed by atoms with Crippen molar-refractivity contribution in [2.24, 2.45) is 5.41 Å². The van der Waals surface area contributed by atoms with E-state index in [-0.39, 0.29) is 12.5 Å². The monoisotopic (exact) mass is 366 g/mol. The van der Waals surface area contributed by atoms with E-state index in [0.717, 1.165) is 0 Å².